The van der Waals surface area contributed by atoms with Crippen molar-refractivity contribution < 1.29 is 19.1 Å². The Morgan fingerprint density at radius 2 is 2.16 bits per heavy atom. The fraction of sp³-hybridized carbons (Fsp3) is 0.333. The van der Waals surface area contributed by atoms with Gasteiger partial charge in [-0.05, 0) is 12.1 Å². The summed E-state index contributed by atoms with van der Waals surface area (Å²) in [5.41, 5.74) is 0.196. The van der Waals surface area contributed by atoms with E-state index in [2.05, 4.69) is 5.32 Å². The van der Waals surface area contributed by atoms with Crippen LogP contribution in [0.4, 0.5) is 0 Å². The lowest BCUT2D eigenvalue weighted by atomic mass is 10.2. The van der Waals surface area contributed by atoms with E-state index >= 15 is 0 Å². The topological polar surface area (TPSA) is 64.6 Å². The zero-order valence-electron chi connectivity index (χ0n) is 10.2. The van der Waals surface area contributed by atoms with Gasteiger partial charge in [0.1, 0.15) is 5.75 Å². The predicted octanol–water partition coefficient (Wildman–Crippen LogP) is 1.95. The molecule has 0 heterocycles. The lowest BCUT2D eigenvalue weighted by molar-refractivity contribution is -0.123. The molecule has 7 heteroatoms. The average molecular weight is 306 g/mol. The molecular weight excluding hydrogens is 293 g/mol. The van der Waals surface area contributed by atoms with Gasteiger partial charge in [-0.15, -0.1) is 0 Å². The van der Waals surface area contributed by atoms with Crippen molar-refractivity contribution in [2.75, 3.05) is 26.9 Å². The van der Waals surface area contributed by atoms with Crippen molar-refractivity contribution in [1.82, 2.24) is 5.32 Å². The first-order valence-electron chi connectivity index (χ1n) is 5.41. The third-order valence-electron chi connectivity index (χ3n) is 2.14. The maximum absolute atomic E-state index is 11.4. The number of rotatable bonds is 7. The molecule has 0 aliphatic carbocycles. The van der Waals surface area contributed by atoms with Crippen molar-refractivity contribution >= 4 is 35.4 Å². The first-order chi connectivity index (χ1) is 9.08. The van der Waals surface area contributed by atoms with Crippen LogP contribution in [0.25, 0.3) is 0 Å². The molecule has 5 nitrogen and oxygen atoms in total. The number of hydrogen-bond donors (Lipinski definition) is 1. The molecule has 0 aliphatic rings. The van der Waals surface area contributed by atoms with Crippen LogP contribution in [-0.2, 0) is 9.53 Å². The van der Waals surface area contributed by atoms with Crippen LogP contribution in [0.3, 0.4) is 0 Å². The quantitative estimate of drug-likeness (QED) is 0.618. The number of carbonyl (C=O) groups excluding carboxylic acids is 2. The maximum Gasteiger partial charge on any atom is 0.258 e. The van der Waals surface area contributed by atoms with Crippen LogP contribution in [0.15, 0.2) is 12.1 Å². The molecule has 0 unspecified atom stereocenters. The van der Waals surface area contributed by atoms with Gasteiger partial charge in [-0.3, -0.25) is 9.59 Å². The number of halogens is 2. The average Bonchev–Trinajstić information content (AvgIpc) is 2.37. The van der Waals surface area contributed by atoms with Crippen molar-refractivity contribution in [3.63, 3.8) is 0 Å². The highest BCUT2D eigenvalue weighted by atomic mass is 35.5. The number of ether oxygens (including phenoxy) is 2. The van der Waals surface area contributed by atoms with E-state index in [1.165, 1.54) is 19.2 Å². The van der Waals surface area contributed by atoms with E-state index in [1.807, 2.05) is 0 Å². The number of aldehydes is 1. The summed E-state index contributed by atoms with van der Waals surface area (Å²) in [6.45, 7) is 0.548. The number of nitrogens with one attached hydrogen (secondary N) is 1. The standard InChI is InChI=1S/C12H13Cl2NO4/c1-18-3-2-15-11(17)7-19-12-8(6-16)4-9(13)5-10(12)14/h4-6H,2-3,7H2,1H3,(H,15,17). The summed E-state index contributed by atoms with van der Waals surface area (Å²) < 4.78 is 10.0. The minimum atomic E-state index is -0.333. The molecule has 0 spiro atoms. The number of hydrogen-bond acceptors (Lipinski definition) is 4. The summed E-state index contributed by atoms with van der Waals surface area (Å²) in [6, 6.07) is 2.85. The summed E-state index contributed by atoms with van der Waals surface area (Å²) >= 11 is 11.7. The molecule has 0 fully saturated rings. The van der Waals surface area contributed by atoms with E-state index in [9.17, 15) is 9.59 Å². The van der Waals surface area contributed by atoms with Crippen LogP contribution in [0, 0.1) is 0 Å². The van der Waals surface area contributed by atoms with E-state index in [-0.39, 0.29) is 28.8 Å². The van der Waals surface area contributed by atoms with Gasteiger partial charge in [-0.25, -0.2) is 0 Å². The Hall–Kier alpha value is -1.30. The Kier molecular flexibility index (Phi) is 6.62. The summed E-state index contributed by atoms with van der Waals surface area (Å²) in [6.07, 6.45) is 0.565. The lowest BCUT2D eigenvalue weighted by Gasteiger charge is -2.10. The first kappa shape index (κ1) is 15.8. The predicted molar refractivity (Wildman–Crippen MR) is 72.2 cm³/mol. The van der Waals surface area contributed by atoms with Crippen molar-refractivity contribution in [3.05, 3.63) is 27.7 Å². The fourth-order valence-corrected chi connectivity index (χ4v) is 1.87. The molecule has 1 aromatic rings. The van der Waals surface area contributed by atoms with Crippen LogP contribution >= 0.6 is 23.2 Å². The van der Waals surface area contributed by atoms with E-state index in [1.54, 1.807) is 0 Å². The zero-order valence-corrected chi connectivity index (χ0v) is 11.8. The van der Waals surface area contributed by atoms with Gasteiger partial charge in [-0.2, -0.15) is 0 Å². The highest BCUT2D eigenvalue weighted by molar-refractivity contribution is 6.36. The first-order valence-corrected chi connectivity index (χ1v) is 6.16. The van der Waals surface area contributed by atoms with Gasteiger partial charge in [0.15, 0.2) is 12.9 Å². The molecular formula is C12H13Cl2NO4. The van der Waals surface area contributed by atoms with Gasteiger partial charge < -0.3 is 14.8 Å². The van der Waals surface area contributed by atoms with Gasteiger partial charge in [0.2, 0.25) is 0 Å². The third-order valence-corrected chi connectivity index (χ3v) is 2.64. The monoisotopic (exact) mass is 305 g/mol. The summed E-state index contributed by atoms with van der Waals surface area (Å²) in [5.74, 6) is -0.192. The molecule has 0 aliphatic heterocycles. The largest absolute Gasteiger partial charge is 0.481 e. The zero-order chi connectivity index (χ0) is 14.3. The van der Waals surface area contributed by atoms with Crippen molar-refractivity contribution in [1.29, 1.82) is 0 Å². The second-order valence-corrected chi connectivity index (χ2v) is 4.40. The van der Waals surface area contributed by atoms with Gasteiger partial charge >= 0.3 is 0 Å². The van der Waals surface area contributed by atoms with Gasteiger partial charge in [-0.1, -0.05) is 23.2 Å². The molecule has 0 saturated carbocycles. The molecule has 1 rings (SSSR count). The molecule has 19 heavy (non-hydrogen) atoms. The molecule has 1 aromatic carbocycles. The second kappa shape index (κ2) is 7.99. The fourth-order valence-electron chi connectivity index (χ4n) is 1.30. The number of amides is 1. The maximum atomic E-state index is 11.4. The van der Waals surface area contributed by atoms with Gasteiger partial charge in [0, 0.05) is 18.7 Å². The summed E-state index contributed by atoms with van der Waals surface area (Å²) in [7, 11) is 1.53. The van der Waals surface area contributed by atoms with Crippen LogP contribution < -0.4 is 10.1 Å². The second-order valence-electron chi connectivity index (χ2n) is 3.56. The third kappa shape index (κ3) is 5.06. The molecule has 1 amide bonds. The van der Waals surface area contributed by atoms with Gasteiger partial charge in [0.05, 0.1) is 17.2 Å². The molecule has 0 saturated heterocycles. The summed E-state index contributed by atoms with van der Waals surface area (Å²) in [4.78, 5) is 22.3. The number of methoxy groups -OCH3 is 1. The van der Waals surface area contributed by atoms with Crippen LogP contribution in [-0.4, -0.2) is 39.1 Å². The van der Waals surface area contributed by atoms with Crippen LogP contribution in [0.1, 0.15) is 10.4 Å². The van der Waals surface area contributed by atoms with E-state index < -0.39 is 0 Å². The number of benzene rings is 1. The SMILES string of the molecule is COCCNC(=O)COc1c(Cl)cc(Cl)cc1C=O. The summed E-state index contributed by atoms with van der Waals surface area (Å²) in [5, 5.41) is 3.08. The molecule has 0 atom stereocenters. The Morgan fingerprint density at radius 1 is 1.42 bits per heavy atom. The van der Waals surface area contributed by atoms with Crippen LogP contribution in [0.2, 0.25) is 10.0 Å². The van der Waals surface area contributed by atoms with Crippen LogP contribution in [0.5, 0.6) is 5.75 Å². The minimum absolute atomic E-state index is 0.142. The normalized spacial score (nSPS) is 10.1. The lowest BCUT2D eigenvalue weighted by Crippen LogP contribution is -2.31. The Balaban J connectivity index is 2.62. The Morgan fingerprint density at radius 3 is 2.79 bits per heavy atom. The smallest absolute Gasteiger partial charge is 0.258 e. The molecule has 0 bridgehead atoms. The number of carbonyl (C=O) groups is 2. The highest BCUT2D eigenvalue weighted by Crippen LogP contribution is 2.31. The Labute approximate surface area is 120 Å². The van der Waals surface area contributed by atoms with Gasteiger partial charge in [0.25, 0.3) is 5.91 Å². The van der Waals surface area contributed by atoms with E-state index in [0.29, 0.717) is 24.5 Å². The molecule has 0 aromatic heterocycles. The Bertz CT molecular complexity index is 465. The van der Waals surface area contributed by atoms with E-state index in [4.69, 9.17) is 32.7 Å². The highest BCUT2D eigenvalue weighted by Gasteiger charge is 2.12. The molecule has 1 N–H and O–H groups in total. The molecule has 0 radical (unpaired) electrons. The molecule has 104 valence electrons. The van der Waals surface area contributed by atoms with E-state index in [0.717, 1.165) is 0 Å². The van der Waals surface area contributed by atoms with Crippen molar-refractivity contribution in [3.8, 4) is 5.75 Å². The van der Waals surface area contributed by atoms with Crippen molar-refractivity contribution in [2.45, 2.75) is 0 Å². The van der Waals surface area contributed by atoms with Crippen molar-refractivity contribution in [2.24, 2.45) is 0 Å². The minimum Gasteiger partial charge on any atom is -0.481 e.